The van der Waals surface area contributed by atoms with Gasteiger partial charge in [-0.15, -0.1) is 11.3 Å². The molecule has 1 amide bonds. The molecule has 3 aromatic rings. The predicted molar refractivity (Wildman–Crippen MR) is 123 cm³/mol. The molecule has 1 N–H and O–H groups in total. The van der Waals surface area contributed by atoms with Gasteiger partial charge in [-0.05, 0) is 36.0 Å². The molecule has 2 aromatic heterocycles. The molecule has 31 heavy (non-hydrogen) atoms. The zero-order chi connectivity index (χ0) is 22.7. The van der Waals surface area contributed by atoms with Crippen molar-refractivity contribution >= 4 is 39.1 Å². The summed E-state index contributed by atoms with van der Waals surface area (Å²) in [7, 11) is 0. The quantitative estimate of drug-likeness (QED) is 0.551. The number of anilines is 1. The lowest BCUT2D eigenvalue weighted by Crippen LogP contribution is -2.28. The number of para-hydroxylation sites is 1. The number of amides is 1. The van der Waals surface area contributed by atoms with Crippen LogP contribution in [0.1, 0.15) is 54.4 Å². The van der Waals surface area contributed by atoms with Crippen molar-refractivity contribution in [1.82, 2.24) is 9.55 Å². The van der Waals surface area contributed by atoms with Crippen LogP contribution < -0.4 is 10.9 Å². The number of rotatable bonds is 7. The van der Waals surface area contributed by atoms with Gasteiger partial charge >= 0.3 is 5.97 Å². The fourth-order valence-electron chi connectivity index (χ4n) is 3.23. The summed E-state index contributed by atoms with van der Waals surface area (Å²) in [5, 5.41) is 3.23. The van der Waals surface area contributed by atoms with Gasteiger partial charge < -0.3 is 10.1 Å². The number of hydrogen-bond acceptors (Lipinski definition) is 6. The minimum Gasteiger partial charge on any atom is -0.461 e. The summed E-state index contributed by atoms with van der Waals surface area (Å²) in [5.74, 6) is -0.308. The molecule has 3 rings (SSSR count). The molecule has 0 spiro atoms. The Morgan fingerprint density at radius 2 is 1.90 bits per heavy atom. The first-order valence-electron chi connectivity index (χ1n) is 10.2. The number of esters is 1. The monoisotopic (exact) mass is 441 g/mol. The standard InChI is InChI=1S/C23H27N3O4S/c1-13(2)11-30-23(29)20-15(5)19-21(31-20)24-12-26(22(19)28)10-18(27)25-17-9-7-6-8-16(17)14(3)4/h6-9,12-14H,10-11H2,1-5H3,(H,25,27). The molecule has 8 heteroatoms. The van der Waals surface area contributed by atoms with Crippen LogP contribution in [0.2, 0.25) is 0 Å². The molecule has 7 nitrogen and oxygen atoms in total. The van der Waals surface area contributed by atoms with Gasteiger partial charge in [0.2, 0.25) is 5.91 Å². The molecule has 0 fully saturated rings. The van der Waals surface area contributed by atoms with Crippen LogP contribution in [0.3, 0.4) is 0 Å². The first kappa shape index (κ1) is 22.7. The number of fused-ring (bicyclic) bond motifs is 1. The maximum absolute atomic E-state index is 13.0. The summed E-state index contributed by atoms with van der Waals surface area (Å²) in [6, 6.07) is 7.59. The molecule has 0 aliphatic carbocycles. The Morgan fingerprint density at radius 1 is 1.19 bits per heavy atom. The molecule has 2 heterocycles. The molecule has 0 aliphatic heterocycles. The second-order valence-electron chi connectivity index (χ2n) is 8.20. The summed E-state index contributed by atoms with van der Waals surface area (Å²) in [5.41, 5.74) is 1.93. The summed E-state index contributed by atoms with van der Waals surface area (Å²) in [6.45, 7) is 9.86. The lowest BCUT2D eigenvalue weighted by Gasteiger charge is -2.14. The first-order valence-corrected chi connectivity index (χ1v) is 11.0. The van der Waals surface area contributed by atoms with E-state index >= 15 is 0 Å². The third kappa shape index (κ3) is 5.02. The van der Waals surface area contributed by atoms with Crippen LogP contribution in [0.25, 0.3) is 10.2 Å². The zero-order valence-corrected chi connectivity index (χ0v) is 19.2. The van der Waals surface area contributed by atoms with Gasteiger partial charge in [0, 0.05) is 5.69 Å². The molecule has 164 valence electrons. The summed E-state index contributed by atoms with van der Waals surface area (Å²) >= 11 is 1.13. The minimum atomic E-state index is -0.455. The van der Waals surface area contributed by atoms with E-state index in [-0.39, 0.29) is 29.8 Å². The highest BCUT2D eigenvalue weighted by molar-refractivity contribution is 7.20. The zero-order valence-electron chi connectivity index (χ0n) is 18.4. The molecule has 0 atom stereocenters. The second kappa shape index (κ2) is 9.43. The Kier molecular flexibility index (Phi) is 6.90. The van der Waals surface area contributed by atoms with E-state index in [9.17, 15) is 14.4 Å². The highest BCUT2D eigenvalue weighted by atomic mass is 32.1. The van der Waals surface area contributed by atoms with Crippen molar-refractivity contribution in [3.8, 4) is 0 Å². The van der Waals surface area contributed by atoms with Crippen molar-refractivity contribution in [2.24, 2.45) is 5.92 Å². The molecule has 0 radical (unpaired) electrons. The van der Waals surface area contributed by atoms with E-state index in [2.05, 4.69) is 24.1 Å². The largest absolute Gasteiger partial charge is 0.461 e. The van der Waals surface area contributed by atoms with Gasteiger partial charge in [0.1, 0.15) is 16.3 Å². The Hall–Kier alpha value is -3.00. The van der Waals surface area contributed by atoms with Crippen molar-refractivity contribution in [2.75, 3.05) is 11.9 Å². The van der Waals surface area contributed by atoms with Crippen molar-refractivity contribution in [3.63, 3.8) is 0 Å². The van der Waals surface area contributed by atoms with Crippen LogP contribution in [0.5, 0.6) is 0 Å². The second-order valence-corrected chi connectivity index (χ2v) is 9.20. The lowest BCUT2D eigenvalue weighted by molar-refractivity contribution is -0.116. The molecule has 0 saturated heterocycles. The van der Waals surface area contributed by atoms with Crippen LogP contribution in [0.4, 0.5) is 5.69 Å². The Bertz CT molecular complexity index is 1180. The van der Waals surface area contributed by atoms with Crippen LogP contribution in [-0.4, -0.2) is 28.0 Å². The molecule has 0 bridgehead atoms. The third-order valence-electron chi connectivity index (χ3n) is 4.82. The topological polar surface area (TPSA) is 90.3 Å². The molecular formula is C23H27N3O4S. The van der Waals surface area contributed by atoms with Gasteiger partial charge in [0.15, 0.2) is 0 Å². The van der Waals surface area contributed by atoms with E-state index in [0.717, 1.165) is 22.6 Å². The fraction of sp³-hybridized carbons (Fsp3) is 0.391. The highest BCUT2D eigenvalue weighted by Gasteiger charge is 2.21. The third-order valence-corrected chi connectivity index (χ3v) is 6.00. The number of ether oxygens (including phenoxy) is 1. The highest BCUT2D eigenvalue weighted by Crippen LogP contribution is 2.28. The van der Waals surface area contributed by atoms with E-state index < -0.39 is 5.97 Å². The minimum absolute atomic E-state index is 0.170. The summed E-state index contributed by atoms with van der Waals surface area (Å²) < 4.78 is 6.56. The van der Waals surface area contributed by atoms with Gasteiger partial charge in [-0.25, -0.2) is 9.78 Å². The van der Waals surface area contributed by atoms with E-state index in [1.807, 2.05) is 38.1 Å². The predicted octanol–water partition coefficient (Wildman–Crippen LogP) is 4.34. The number of aryl methyl sites for hydroxylation is 1. The van der Waals surface area contributed by atoms with E-state index in [4.69, 9.17) is 4.74 Å². The van der Waals surface area contributed by atoms with Crippen molar-refractivity contribution in [2.45, 2.75) is 47.1 Å². The van der Waals surface area contributed by atoms with Crippen LogP contribution in [-0.2, 0) is 16.1 Å². The van der Waals surface area contributed by atoms with Crippen LogP contribution in [0, 0.1) is 12.8 Å². The van der Waals surface area contributed by atoms with Gasteiger partial charge in [0.05, 0.1) is 18.3 Å². The molecule has 1 aromatic carbocycles. The van der Waals surface area contributed by atoms with E-state index in [1.165, 1.54) is 10.9 Å². The Balaban J connectivity index is 1.85. The van der Waals surface area contributed by atoms with E-state index in [1.54, 1.807) is 6.92 Å². The average molecular weight is 442 g/mol. The van der Waals surface area contributed by atoms with Crippen LogP contribution in [0.15, 0.2) is 35.4 Å². The first-order chi connectivity index (χ1) is 14.7. The van der Waals surface area contributed by atoms with Gasteiger partial charge in [-0.1, -0.05) is 45.9 Å². The molecule has 0 unspecified atom stereocenters. The normalized spacial score (nSPS) is 11.3. The number of benzene rings is 1. The van der Waals surface area contributed by atoms with Crippen molar-refractivity contribution in [3.05, 3.63) is 57.0 Å². The average Bonchev–Trinajstić information content (AvgIpc) is 3.05. The number of carbonyl (C=O) groups excluding carboxylic acids is 2. The number of thiophene rings is 1. The van der Waals surface area contributed by atoms with Crippen LogP contribution >= 0.6 is 11.3 Å². The van der Waals surface area contributed by atoms with Gasteiger partial charge in [-0.2, -0.15) is 0 Å². The van der Waals surface area contributed by atoms with Gasteiger partial charge in [-0.3, -0.25) is 14.2 Å². The number of aromatic nitrogens is 2. The smallest absolute Gasteiger partial charge is 0.348 e. The summed E-state index contributed by atoms with van der Waals surface area (Å²) in [4.78, 5) is 43.2. The maximum Gasteiger partial charge on any atom is 0.348 e. The lowest BCUT2D eigenvalue weighted by atomic mass is 10.0. The maximum atomic E-state index is 13.0. The molecule has 0 saturated carbocycles. The van der Waals surface area contributed by atoms with E-state index in [0.29, 0.717) is 27.3 Å². The Labute approximate surface area is 185 Å². The number of nitrogens with one attached hydrogen (secondary N) is 1. The van der Waals surface area contributed by atoms with Gasteiger partial charge in [0.25, 0.3) is 5.56 Å². The number of hydrogen-bond donors (Lipinski definition) is 1. The fourth-order valence-corrected chi connectivity index (χ4v) is 4.27. The summed E-state index contributed by atoms with van der Waals surface area (Å²) in [6.07, 6.45) is 1.35. The number of carbonyl (C=O) groups is 2. The molecular weight excluding hydrogens is 414 g/mol. The van der Waals surface area contributed by atoms with Crippen molar-refractivity contribution in [1.29, 1.82) is 0 Å². The molecule has 0 aliphatic rings. The SMILES string of the molecule is Cc1c(C(=O)OCC(C)C)sc2ncn(CC(=O)Nc3ccccc3C(C)C)c(=O)c12. The number of nitrogens with zero attached hydrogens (tertiary/aromatic N) is 2. The Morgan fingerprint density at radius 3 is 2.58 bits per heavy atom. The van der Waals surface area contributed by atoms with Crippen molar-refractivity contribution < 1.29 is 14.3 Å².